The average Bonchev–Trinajstić information content (AvgIpc) is 3.60. The van der Waals surface area contributed by atoms with E-state index in [1.54, 1.807) is 4.90 Å². The highest BCUT2D eigenvalue weighted by Crippen LogP contribution is 2.45. The van der Waals surface area contributed by atoms with Gasteiger partial charge in [-0.2, -0.15) is 0 Å². The molecule has 2 aromatic heterocycles. The van der Waals surface area contributed by atoms with Crippen LogP contribution in [0.4, 0.5) is 32.6 Å². The zero-order valence-corrected chi connectivity index (χ0v) is 32.9. The number of halogens is 1. The van der Waals surface area contributed by atoms with Crippen LogP contribution in [0.1, 0.15) is 86.8 Å². The maximum absolute atomic E-state index is 13.3. The fraction of sp³-hybridized carbons (Fsp3) is 0.649. The maximum atomic E-state index is 13.3. The quantitative estimate of drug-likeness (QED) is 0.291. The number of nitrogens with zero attached hydrogens (tertiary/aromatic N) is 7. The molecule has 4 aliphatic rings. The lowest BCUT2D eigenvalue weighted by Crippen LogP contribution is -2.55. The highest BCUT2D eigenvalue weighted by molar-refractivity contribution is 9.10. The van der Waals surface area contributed by atoms with Gasteiger partial charge in [0, 0.05) is 42.7 Å². The number of alkyl carbamates (subject to hydrolysis) is 1. The lowest BCUT2D eigenvalue weighted by Gasteiger charge is -2.42. The van der Waals surface area contributed by atoms with Gasteiger partial charge in [-0.05, 0) is 98.8 Å². The zero-order valence-electron chi connectivity index (χ0n) is 31.3. The van der Waals surface area contributed by atoms with E-state index in [4.69, 9.17) is 34.0 Å². The molecule has 3 aromatic rings. The van der Waals surface area contributed by atoms with Gasteiger partial charge >= 0.3 is 12.2 Å². The molecule has 52 heavy (non-hydrogen) atoms. The van der Waals surface area contributed by atoms with Crippen molar-refractivity contribution < 1.29 is 28.5 Å². The van der Waals surface area contributed by atoms with E-state index in [1.165, 1.54) is 0 Å². The fourth-order valence-electron chi connectivity index (χ4n) is 7.77. The summed E-state index contributed by atoms with van der Waals surface area (Å²) >= 11 is 3.60. The molecule has 1 aromatic carbocycles. The van der Waals surface area contributed by atoms with E-state index >= 15 is 0 Å². The summed E-state index contributed by atoms with van der Waals surface area (Å²) in [7, 11) is 0. The number of amides is 2. The van der Waals surface area contributed by atoms with E-state index in [1.807, 2.05) is 77.5 Å². The minimum Gasteiger partial charge on any atom is -0.444 e. The van der Waals surface area contributed by atoms with Gasteiger partial charge < -0.3 is 34.1 Å². The van der Waals surface area contributed by atoms with Crippen molar-refractivity contribution in [3.8, 4) is 0 Å². The summed E-state index contributed by atoms with van der Waals surface area (Å²) in [5, 5.41) is 8.30. The molecule has 4 aliphatic heterocycles. The number of carbonyl (C=O) groups is 2. The molecule has 1 unspecified atom stereocenters. The Labute approximate surface area is 313 Å². The Balaban J connectivity index is 1.18. The summed E-state index contributed by atoms with van der Waals surface area (Å²) in [6.45, 7) is 16.8. The third-order valence-electron chi connectivity index (χ3n) is 10.3. The number of piperidine rings is 1. The predicted molar refractivity (Wildman–Crippen MR) is 201 cm³/mol. The smallest absolute Gasteiger partial charge is 0.414 e. The summed E-state index contributed by atoms with van der Waals surface area (Å²) in [6.07, 6.45) is 5.17. The van der Waals surface area contributed by atoms with Crippen molar-refractivity contribution >= 4 is 62.3 Å². The Hall–Kier alpha value is -3.69. The zero-order chi connectivity index (χ0) is 37.0. The molecule has 1 spiro atoms. The normalized spacial score (nSPS) is 23.5. The van der Waals surface area contributed by atoms with Gasteiger partial charge in [-0.25, -0.2) is 24.2 Å². The second-order valence-electron chi connectivity index (χ2n) is 16.4. The van der Waals surface area contributed by atoms with Gasteiger partial charge in [0.25, 0.3) is 0 Å². The van der Waals surface area contributed by atoms with Crippen LogP contribution in [0.2, 0.25) is 0 Å². The minimum absolute atomic E-state index is 0.115. The van der Waals surface area contributed by atoms with Gasteiger partial charge in [0.15, 0.2) is 23.2 Å². The first-order chi connectivity index (χ1) is 24.6. The van der Waals surface area contributed by atoms with Crippen LogP contribution in [0, 0.1) is 5.41 Å². The molecular formula is C37H51BrN8O6. The van der Waals surface area contributed by atoms with Crippen molar-refractivity contribution in [1.82, 2.24) is 25.1 Å². The second-order valence-corrected chi connectivity index (χ2v) is 17.3. The van der Waals surface area contributed by atoms with Crippen molar-refractivity contribution in [3.05, 3.63) is 28.9 Å². The first-order valence-electron chi connectivity index (χ1n) is 18.4. The number of anilines is 4. The standard InChI is InChI=1S/C37H51BrN8O6/c1-23-30(41-33(47)51-35(2,3)4)37(22-50-23)13-15-43(16-14-37)27-21-39-29-31(40-27)46(28-10-8-9-19-49-28)42-32(29)44-17-18-45(34(48)52-36(5,6)7)26-20-24(38)11-12-25(26)44/h11-12,20-21,23,28,30H,8-10,13-19,22H2,1-7H3,(H,41,47)/t23-,28?,30+/m0/s1. The van der Waals surface area contributed by atoms with Crippen molar-refractivity contribution in [1.29, 1.82) is 0 Å². The van der Waals surface area contributed by atoms with Crippen LogP contribution in [0.15, 0.2) is 28.9 Å². The summed E-state index contributed by atoms with van der Waals surface area (Å²) in [5.41, 5.74) is 1.48. The Kier molecular flexibility index (Phi) is 9.83. The number of rotatable bonds is 4. The molecule has 6 heterocycles. The Bertz CT molecular complexity index is 1810. The minimum atomic E-state index is -0.625. The Morgan fingerprint density at radius 3 is 2.42 bits per heavy atom. The Morgan fingerprint density at radius 2 is 1.73 bits per heavy atom. The predicted octanol–water partition coefficient (Wildman–Crippen LogP) is 7.08. The van der Waals surface area contributed by atoms with Gasteiger partial charge in [0.2, 0.25) is 0 Å². The molecule has 0 saturated carbocycles. The van der Waals surface area contributed by atoms with E-state index in [-0.39, 0.29) is 23.8 Å². The number of hydrogen-bond donors (Lipinski definition) is 1. The van der Waals surface area contributed by atoms with E-state index < -0.39 is 23.4 Å². The molecule has 3 saturated heterocycles. The van der Waals surface area contributed by atoms with Crippen LogP contribution in [0.3, 0.4) is 0 Å². The molecule has 0 bridgehead atoms. The van der Waals surface area contributed by atoms with Crippen molar-refractivity contribution in [2.45, 2.75) is 110 Å². The van der Waals surface area contributed by atoms with Gasteiger partial charge in [-0.3, -0.25) is 4.90 Å². The van der Waals surface area contributed by atoms with Crippen LogP contribution in [-0.2, 0) is 18.9 Å². The van der Waals surface area contributed by atoms with E-state index in [2.05, 4.69) is 31.0 Å². The highest BCUT2D eigenvalue weighted by atomic mass is 79.9. The van der Waals surface area contributed by atoms with Crippen LogP contribution < -0.4 is 20.0 Å². The fourth-order valence-corrected chi connectivity index (χ4v) is 8.12. The molecule has 282 valence electrons. The SMILES string of the molecule is C[C@@H]1OCC2(CCN(c3cnc4c(N5CCN(C(=O)OC(C)(C)C)c6cc(Br)ccc65)nn(C5CCCCO5)c4n3)CC2)[C@@H]1NC(=O)OC(C)(C)C. The third-order valence-corrected chi connectivity index (χ3v) is 10.7. The van der Waals surface area contributed by atoms with Crippen LogP contribution in [-0.4, -0.2) is 94.7 Å². The van der Waals surface area contributed by atoms with Crippen LogP contribution in [0.5, 0.6) is 0 Å². The summed E-state index contributed by atoms with van der Waals surface area (Å²) in [6, 6.07) is 5.74. The van der Waals surface area contributed by atoms with E-state index in [9.17, 15) is 9.59 Å². The molecule has 14 nitrogen and oxygen atoms in total. The van der Waals surface area contributed by atoms with Gasteiger partial charge in [-0.1, -0.05) is 15.9 Å². The number of carbonyl (C=O) groups excluding carboxylic acids is 2. The molecule has 2 amide bonds. The van der Waals surface area contributed by atoms with Crippen LogP contribution >= 0.6 is 15.9 Å². The third kappa shape index (κ3) is 7.41. The molecule has 3 fully saturated rings. The number of hydrogen-bond acceptors (Lipinski definition) is 11. The van der Waals surface area contributed by atoms with Crippen LogP contribution in [0.25, 0.3) is 11.2 Å². The maximum Gasteiger partial charge on any atom is 0.414 e. The molecule has 7 rings (SSSR count). The lowest BCUT2D eigenvalue weighted by atomic mass is 9.73. The Morgan fingerprint density at radius 1 is 0.981 bits per heavy atom. The number of nitrogens with one attached hydrogen (secondary N) is 1. The number of fused-ring (bicyclic) bond motifs is 2. The van der Waals surface area contributed by atoms with E-state index in [0.29, 0.717) is 43.3 Å². The molecular weight excluding hydrogens is 732 g/mol. The van der Waals surface area contributed by atoms with Gasteiger partial charge in [0.05, 0.1) is 36.3 Å². The van der Waals surface area contributed by atoms with Gasteiger partial charge in [-0.15, -0.1) is 5.10 Å². The molecule has 0 radical (unpaired) electrons. The lowest BCUT2D eigenvalue weighted by molar-refractivity contribution is -0.0368. The molecule has 3 atom stereocenters. The second kappa shape index (κ2) is 13.9. The number of aromatic nitrogens is 4. The topological polar surface area (TPSA) is 136 Å². The van der Waals surface area contributed by atoms with Gasteiger partial charge in [0.1, 0.15) is 17.0 Å². The first kappa shape index (κ1) is 36.7. The highest BCUT2D eigenvalue weighted by Gasteiger charge is 2.50. The summed E-state index contributed by atoms with van der Waals surface area (Å²) in [4.78, 5) is 42.4. The molecule has 15 heteroatoms. The number of benzene rings is 1. The number of ether oxygens (including phenoxy) is 4. The molecule has 1 N–H and O–H groups in total. The van der Waals surface area contributed by atoms with Crippen molar-refractivity contribution in [3.63, 3.8) is 0 Å². The first-order valence-corrected chi connectivity index (χ1v) is 19.2. The van der Waals surface area contributed by atoms with Crippen molar-refractivity contribution in [2.75, 3.05) is 54.1 Å². The summed E-state index contributed by atoms with van der Waals surface area (Å²) in [5.74, 6) is 1.44. The van der Waals surface area contributed by atoms with Crippen molar-refractivity contribution in [2.24, 2.45) is 5.41 Å². The monoisotopic (exact) mass is 782 g/mol. The summed E-state index contributed by atoms with van der Waals surface area (Å²) < 4.78 is 26.5. The average molecular weight is 784 g/mol. The largest absolute Gasteiger partial charge is 0.444 e. The van der Waals surface area contributed by atoms with E-state index in [0.717, 1.165) is 66.9 Å². The molecule has 0 aliphatic carbocycles.